The molecule has 2 aromatic rings. The van der Waals surface area contributed by atoms with Crippen molar-refractivity contribution in [3.8, 4) is 5.75 Å². The van der Waals surface area contributed by atoms with E-state index >= 15 is 0 Å². The topological polar surface area (TPSA) is 70.7 Å². The van der Waals surface area contributed by atoms with E-state index in [0.717, 1.165) is 23.4 Å². The highest BCUT2D eigenvalue weighted by molar-refractivity contribution is 6.30. The van der Waals surface area contributed by atoms with Gasteiger partial charge in [0.2, 0.25) is 5.91 Å². The number of halogens is 1. The second kappa shape index (κ2) is 9.46. The fourth-order valence-electron chi connectivity index (χ4n) is 3.20. The number of nitrogens with one attached hydrogen (secondary N) is 2. The number of carbonyl (C=O) groups is 2. The van der Waals surface area contributed by atoms with Crippen LogP contribution in [0, 0.1) is 5.92 Å². The van der Waals surface area contributed by atoms with Gasteiger partial charge in [-0.05, 0) is 48.4 Å². The van der Waals surface area contributed by atoms with Crippen LogP contribution >= 0.6 is 11.6 Å². The predicted molar refractivity (Wildman–Crippen MR) is 110 cm³/mol. The van der Waals surface area contributed by atoms with Crippen molar-refractivity contribution in [2.45, 2.75) is 12.8 Å². The van der Waals surface area contributed by atoms with Gasteiger partial charge in [0, 0.05) is 42.7 Å². The van der Waals surface area contributed by atoms with E-state index in [0.29, 0.717) is 31.1 Å². The van der Waals surface area contributed by atoms with Gasteiger partial charge in [-0.3, -0.25) is 4.79 Å². The van der Waals surface area contributed by atoms with Crippen LogP contribution in [0.3, 0.4) is 0 Å². The lowest BCUT2D eigenvalue weighted by molar-refractivity contribution is -0.117. The van der Waals surface area contributed by atoms with Gasteiger partial charge in [0.05, 0.1) is 7.11 Å². The Morgan fingerprint density at radius 3 is 2.54 bits per heavy atom. The predicted octanol–water partition coefficient (Wildman–Crippen LogP) is 3.24. The molecule has 2 N–H and O–H groups in total. The van der Waals surface area contributed by atoms with E-state index in [-0.39, 0.29) is 17.9 Å². The van der Waals surface area contributed by atoms with E-state index in [1.54, 1.807) is 24.1 Å². The molecule has 1 atom stereocenters. The minimum absolute atomic E-state index is 0.0639. The molecule has 2 aromatic carbocycles. The second-order valence-electron chi connectivity index (χ2n) is 6.79. The van der Waals surface area contributed by atoms with E-state index in [1.165, 1.54) is 0 Å². The molecule has 0 saturated carbocycles. The summed E-state index contributed by atoms with van der Waals surface area (Å²) in [5.74, 6) is 0.970. The highest BCUT2D eigenvalue weighted by Gasteiger charge is 2.30. The maximum Gasteiger partial charge on any atom is 0.314 e. The highest BCUT2D eigenvalue weighted by atomic mass is 35.5. The molecule has 0 spiro atoms. The van der Waals surface area contributed by atoms with Crippen LogP contribution in [0.1, 0.15) is 12.0 Å². The van der Waals surface area contributed by atoms with Gasteiger partial charge in [0.1, 0.15) is 5.75 Å². The smallest absolute Gasteiger partial charge is 0.314 e. The number of ether oxygens (including phenoxy) is 1. The van der Waals surface area contributed by atoms with Gasteiger partial charge in [-0.25, -0.2) is 4.79 Å². The highest BCUT2D eigenvalue weighted by Crippen LogP contribution is 2.25. The van der Waals surface area contributed by atoms with E-state index in [9.17, 15) is 9.59 Å². The molecule has 1 saturated heterocycles. The third kappa shape index (κ3) is 5.39. The zero-order chi connectivity index (χ0) is 19.9. The van der Waals surface area contributed by atoms with Crippen LogP contribution in [0.4, 0.5) is 10.5 Å². The molecule has 0 aromatic heterocycles. The van der Waals surface area contributed by atoms with Gasteiger partial charge < -0.3 is 20.3 Å². The summed E-state index contributed by atoms with van der Waals surface area (Å²) in [5, 5.41) is 6.35. The monoisotopic (exact) mass is 401 g/mol. The van der Waals surface area contributed by atoms with Crippen molar-refractivity contribution >= 4 is 29.2 Å². The number of benzene rings is 2. The van der Waals surface area contributed by atoms with Crippen LogP contribution in [0.5, 0.6) is 5.75 Å². The third-order valence-electron chi connectivity index (χ3n) is 4.75. The average molecular weight is 402 g/mol. The number of carbonyl (C=O) groups excluding carboxylic acids is 2. The molecule has 148 valence electrons. The van der Waals surface area contributed by atoms with E-state index in [4.69, 9.17) is 16.3 Å². The lowest BCUT2D eigenvalue weighted by Crippen LogP contribution is -2.39. The first-order chi connectivity index (χ1) is 13.5. The lowest BCUT2D eigenvalue weighted by Gasteiger charge is -2.17. The van der Waals surface area contributed by atoms with E-state index in [2.05, 4.69) is 10.6 Å². The molecular formula is C21H24ClN3O3. The lowest BCUT2D eigenvalue weighted by atomic mass is 10.1. The summed E-state index contributed by atoms with van der Waals surface area (Å²) in [7, 11) is 1.63. The molecule has 1 heterocycles. The van der Waals surface area contributed by atoms with Crippen LogP contribution < -0.4 is 20.3 Å². The number of amides is 3. The third-order valence-corrected chi connectivity index (χ3v) is 5.00. The quantitative estimate of drug-likeness (QED) is 0.748. The first kappa shape index (κ1) is 20.0. The molecular weight excluding hydrogens is 378 g/mol. The fourth-order valence-corrected chi connectivity index (χ4v) is 3.33. The number of anilines is 1. The second-order valence-corrected chi connectivity index (χ2v) is 7.22. The van der Waals surface area contributed by atoms with Crippen molar-refractivity contribution < 1.29 is 14.3 Å². The minimum Gasteiger partial charge on any atom is -0.497 e. The molecule has 1 aliphatic rings. The Hall–Kier alpha value is -2.73. The molecule has 1 fully saturated rings. The van der Waals surface area contributed by atoms with E-state index in [1.807, 2.05) is 36.4 Å². The number of nitrogens with zero attached hydrogens (tertiary/aromatic N) is 1. The Labute approximate surface area is 169 Å². The van der Waals surface area contributed by atoms with Crippen molar-refractivity contribution in [2.75, 3.05) is 31.6 Å². The van der Waals surface area contributed by atoms with Gasteiger partial charge in [-0.2, -0.15) is 0 Å². The number of hydrogen-bond donors (Lipinski definition) is 2. The number of rotatable bonds is 7. The van der Waals surface area contributed by atoms with Gasteiger partial charge in [-0.15, -0.1) is 0 Å². The van der Waals surface area contributed by atoms with Crippen molar-refractivity contribution in [3.05, 3.63) is 59.1 Å². The molecule has 1 unspecified atom stereocenters. The molecule has 3 amide bonds. The van der Waals surface area contributed by atoms with Crippen molar-refractivity contribution in [3.63, 3.8) is 0 Å². The Morgan fingerprint density at radius 1 is 1.14 bits per heavy atom. The molecule has 6 nitrogen and oxygen atoms in total. The minimum atomic E-state index is -0.217. The molecule has 28 heavy (non-hydrogen) atoms. The fraction of sp³-hybridized carbons (Fsp3) is 0.333. The average Bonchev–Trinajstić information content (AvgIpc) is 3.08. The number of methoxy groups -OCH3 is 1. The molecule has 0 bridgehead atoms. The van der Waals surface area contributed by atoms with Crippen molar-refractivity contribution in [2.24, 2.45) is 5.92 Å². The van der Waals surface area contributed by atoms with Crippen LogP contribution in [0.25, 0.3) is 0 Å². The largest absolute Gasteiger partial charge is 0.497 e. The first-order valence-electron chi connectivity index (χ1n) is 9.25. The zero-order valence-electron chi connectivity index (χ0n) is 15.8. The Kier molecular flexibility index (Phi) is 6.76. The normalized spacial score (nSPS) is 16.1. The molecule has 0 radical (unpaired) electrons. The van der Waals surface area contributed by atoms with Gasteiger partial charge >= 0.3 is 6.03 Å². The SMILES string of the molecule is COc1ccc(CCNC(=O)NCC2CC(=O)N(c3ccc(Cl)cc3)C2)cc1. The van der Waals surface area contributed by atoms with Gasteiger partial charge in [0.15, 0.2) is 0 Å². The maximum atomic E-state index is 12.2. The summed E-state index contributed by atoms with van der Waals surface area (Å²) >= 11 is 5.90. The summed E-state index contributed by atoms with van der Waals surface area (Å²) in [6.45, 7) is 1.59. The first-order valence-corrected chi connectivity index (χ1v) is 9.63. The van der Waals surface area contributed by atoms with Crippen molar-refractivity contribution in [1.82, 2.24) is 10.6 Å². The number of urea groups is 1. The van der Waals surface area contributed by atoms with Crippen molar-refractivity contribution in [1.29, 1.82) is 0 Å². The summed E-state index contributed by atoms with van der Waals surface area (Å²) in [4.78, 5) is 26.0. The molecule has 3 rings (SSSR count). The number of hydrogen-bond acceptors (Lipinski definition) is 3. The Morgan fingerprint density at radius 2 is 1.86 bits per heavy atom. The molecule has 0 aliphatic carbocycles. The molecule has 7 heteroatoms. The van der Waals surface area contributed by atoms with E-state index < -0.39 is 0 Å². The van der Waals surface area contributed by atoms with Crippen LogP contribution in [0.15, 0.2) is 48.5 Å². The summed E-state index contributed by atoms with van der Waals surface area (Å²) in [6.07, 6.45) is 1.17. The van der Waals surface area contributed by atoms with Crippen LogP contribution in [-0.4, -0.2) is 38.7 Å². The maximum absolute atomic E-state index is 12.2. The summed E-state index contributed by atoms with van der Waals surface area (Å²) in [6, 6.07) is 14.8. The Bertz CT molecular complexity index is 809. The van der Waals surface area contributed by atoms with Crippen LogP contribution in [-0.2, 0) is 11.2 Å². The standard InChI is InChI=1S/C21H24ClN3O3/c1-28-19-8-2-15(3-9-19)10-11-23-21(27)24-13-16-12-20(26)25(14-16)18-6-4-17(22)5-7-18/h2-9,16H,10-14H2,1H3,(H2,23,24,27). The van der Waals surface area contributed by atoms with Gasteiger partial charge in [0.25, 0.3) is 0 Å². The summed E-state index contributed by atoms with van der Waals surface area (Å²) in [5.41, 5.74) is 1.96. The zero-order valence-corrected chi connectivity index (χ0v) is 16.5. The molecule has 1 aliphatic heterocycles. The summed E-state index contributed by atoms with van der Waals surface area (Å²) < 4.78 is 5.13. The Balaban J connectivity index is 1.38. The van der Waals surface area contributed by atoms with Gasteiger partial charge in [-0.1, -0.05) is 23.7 Å². The van der Waals surface area contributed by atoms with Crippen LogP contribution in [0.2, 0.25) is 5.02 Å².